The third kappa shape index (κ3) is 3.84. The van der Waals surface area contributed by atoms with Gasteiger partial charge in [0.2, 0.25) is 11.8 Å². The monoisotopic (exact) mass is 414 g/mol. The topological polar surface area (TPSA) is 49.4 Å². The summed E-state index contributed by atoms with van der Waals surface area (Å²) in [5, 5.41) is 3.11. The zero-order chi connectivity index (χ0) is 21.4. The Bertz CT molecular complexity index is 1010. The molecule has 4 nitrogen and oxygen atoms in total. The first-order chi connectivity index (χ1) is 14.3. The number of nitrogens with zero attached hydrogens (tertiary/aromatic N) is 1. The normalized spacial score (nSPS) is 18.4. The number of rotatable bonds is 2. The minimum absolute atomic E-state index is 0.0304. The Morgan fingerprint density at radius 2 is 1.70 bits per heavy atom. The van der Waals surface area contributed by atoms with E-state index in [1.165, 1.54) is 30.4 Å². The van der Waals surface area contributed by atoms with Crippen LogP contribution in [-0.4, -0.2) is 29.8 Å². The first-order valence-electron chi connectivity index (χ1n) is 9.81. The molecule has 0 radical (unpaired) electrons. The number of hydrogen-bond acceptors (Lipinski definition) is 2. The molecule has 1 spiro atoms. The smallest absolute Gasteiger partial charge is 0.346 e. The molecule has 1 N–H and O–H groups in total. The minimum Gasteiger partial charge on any atom is -0.346 e. The molecule has 2 heterocycles. The molecule has 0 unspecified atom stereocenters. The van der Waals surface area contributed by atoms with E-state index in [0.29, 0.717) is 32.4 Å². The Hall–Kier alpha value is -3.09. The second-order valence-corrected chi connectivity index (χ2v) is 7.71. The van der Waals surface area contributed by atoms with Crippen molar-refractivity contribution in [2.24, 2.45) is 0 Å². The second kappa shape index (κ2) is 7.63. The SMILES string of the molecule is O=C1Cc2ccccc2C2(CCN(C(=O)C=Cc3ccccc3C(F)(F)F)CC2)N1. The summed E-state index contributed by atoms with van der Waals surface area (Å²) in [6, 6.07) is 13.0. The zero-order valence-corrected chi connectivity index (χ0v) is 16.2. The van der Waals surface area contributed by atoms with Crippen LogP contribution in [0.3, 0.4) is 0 Å². The van der Waals surface area contributed by atoms with E-state index < -0.39 is 17.3 Å². The van der Waals surface area contributed by atoms with Crippen LogP contribution in [0.2, 0.25) is 0 Å². The summed E-state index contributed by atoms with van der Waals surface area (Å²) in [5.41, 5.74) is 0.791. The molecule has 1 saturated heterocycles. The predicted molar refractivity (Wildman–Crippen MR) is 106 cm³/mol. The average molecular weight is 414 g/mol. The lowest BCUT2D eigenvalue weighted by atomic mass is 9.75. The van der Waals surface area contributed by atoms with Crippen LogP contribution in [0.1, 0.15) is 35.1 Å². The number of fused-ring (bicyclic) bond motifs is 2. The Labute approximate surface area is 172 Å². The van der Waals surface area contributed by atoms with Crippen molar-refractivity contribution in [2.45, 2.75) is 31.0 Å². The van der Waals surface area contributed by atoms with Crippen molar-refractivity contribution in [1.29, 1.82) is 0 Å². The van der Waals surface area contributed by atoms with E-state index in [-0.39, 0.29) is 17.4 Å². The largest absolute Gasteiger partial charge is 0.416 e. The van der Waals surface area contributed by atoms with Crippen LogP contribution >= 0.6 is 0 Å². The number of carbonyl (C=O) groups excluding carboxylic acids is 2. The van der Waals surface area contributed by atoms with E-state index >= 15 is 0 Å². The van der Waals surface area contributed by atoms with Crippen LogP contribution in [0.15, 0.2) is 54.6 Å². The molecule has 1 fully saturated rings. The minimum atomic E-state index is -4.48. The van der Waals surface area contributed by atoms with E-state index in [1.54, 1.807) is 4.90 Å². The maximum absolute atomic E-state index is 13.1. The molecule has 0 aliphatic carbocycles. The van der Waals surface area contributed by atoms with Crippen LogP contribution < -0.4 is 5.32 Å². The van der Waals surface area contributed by atoms with E-state index in [4.69, 9.17) is 0 Å². The molecule has 30 heavy (non-hydrogen) atoms. The summed E-state index contributed by atoms with van der Waals surface area (Å²) < 4.78 is 39.4. The van der Waals surface area contributed by atoms with Crippen molar-refractivity contribution in [1.82, 2.24) is 10.2 Å². The Balaban J connectivity index is 1.48. The molecule has 0 saturated carbocycles. The van der Waals surface area contributed by atoms with Gasteiger partial charge in [-0.3, -0.25) is 9.59 Å². The van der Waals surface area contributed by atoms with Gasteiger partial charge in [-0.25, -0.2) is 0 Å². The molecule has 156 valence electrons. The highest BCUT2D eigenvalue weighted by molar-refractivity contribution is 5.92. The molecule has 0 aromatic heterocycles. The third-order valence-electron chi connectivity index (χ3n) is 5.86. The van der Waals surface area contributed by atoms with Crippen LogP contribution in [0.4, 0.5) is 13.2 Å². The van der Waals surface area contributed by atoms with Gasteiger partial charge in [0.1, 0.15) is 0 Å². The fourth-order valence-electron chi connectivity index (χ4n) is 4.36. The molecular formula is C23H21F3N2O2. The molecule has 2 aromatic carbocycles. The number of piperidine rings is 1. The molecular weight excluding hydrogens is 393 g/mol. The average Bonchev–Trinajstić information content (AvgIpc) is 2.72. The zero-order valence-electron chi connectivity index (χ0n) is 16.2. The Kier molecular flexibility index (Phi) is 5.13. The third-order valence-corrected chi connectivity index (χ3v) is 5.86. The molecule has 0 atom stereocenters. The number of amides is 2. The number of nitrogens with one attached hydrogen (secondary N) is 1. The number of hydrogen-bond donors (Lipinski definition) is 1. The maximum Gasteiger partial charge on any atom is 0.416 e. The van der Waals surface area contributed by atoms with Gasteiger partial charge in [-0.05, 0) is 41.7 Å². The molecule has 0 bridgehead atoms. The van der Waals surface area contributed by atoms with Gasteiger partial charge < -0.3 is 10.2 Å². The fraction of sp³-hybridized carbons (Fsp3) is 0.304. The first kappa shape index (κ1) is 20.2. The highest BCUT2D eigenvalue weighted by atomic mass is 19.4. The summed E-state index contributed by atoms with van der Waals surface area (Å²) in [4.78, 5) is 26.4. The summed E-state index contributed by atoms with van der Waals surface area (Å²) in [6.45, 7) is 0.831. The second-order valence-electron chi connectivity index (χ2n) is 7.71. The van der Waals surface area contributed by atoms with Gasteiger partial charge in [-0.15, -0.1) is 0 Å². The van der Waals surface area contributed by atoms with Crippen molar-refractivity contribution in [3.8, 4) is 0 Å². The van der Waals surface area contributed by atoms with E-state index in [9.17, 15) is 22.8 Å². The standard InChI is InChI=1S/C23H21F3N2O2/c24-23(25,26)19-8-4-1-5-16(19)9-10-21(30)28-13-11-22(12-14-28)18-7-3-2-6-17(18)15-20(29)27-22/h1-10H,11-15H2,(H,27,29). The lowest BCUT2D eigenvalue weighted by Gasteiger charge is -2.45. The van der Waals surface area contributed by atoms with Crippen molar-refractivity contribution in [2.75, 3.05) is 13.1 Å². The van der Waals surface area contributed by atoms with Crippen LogP contribution in [0, 0.1) is 0 Å². The van der Waals surface area contributed by atoms with Gasteiger partial charge in [-0.1, -0.05) is 42.5 Å². The van der Waals surface area contributed by atoms with Crippen molar-refractivity contribution in [3.63, 3.8) is 0 Å². The van der Waals surface area contributed by atoms with Gasteiger partial charge in [0.15, 0.2) is 0 Å². The molecule has 7 heteroatoms. The highest BCUT2D eigenvalue weighted by Gasteiger charge is 2.42. The number of alkyl halides is 3. The first-order valence-corrected chi connectivity index (χ1v) is 9.81. The fourth-order valence-corrected chi connectivity index (χ4v) is 4.36. The lowest BCUT2D eigenvalue weighted by molar-refractivity contribution is -0.138. The van der Waals surface area contributed by atoms with Crippen molar-refractivity contribution >= 4 is 17.9 Å². The van der Waals surface area contributed by atoms with Gasteiger partial charge in [0.25, 0.3) is 0 Å². The van der Waals surface area contributed by atoms with Gasteiger partial charge >= 0.3 is 6.18 Å². The number of likely N-dealkylation sites (tertiary alicyclic amines) is 1. The summed E-state index contributed by atoms with van der Waals surface area (Å²) in [7, 11) is 0. The Morgan fingerprint density at radius 3 is 2.43 bits per heavy atom. The van der Waals surface area contributed by atoms with Gasteiger partial charge in [-0.2, -0.15) is 13.2 Å². The van der Waals surface area contributed by atoms with E-state index in [0.717, 1.165) is 17.2 Å². The molecule has 2 aliphatic rings. The Morgan fingerprint density at radius 1 is 1.03 bits per heavy atom. The molecule has 2 amide bonds. The lowest BCUT2D eigenvalue weighted by Crippen LogP contribution is -2.56. The number of halogens is 3. The van der Waals surface area contributed by atoms with Crippen molar-refractivity contribution in [3.05, 3.63) is 76.9 Å². The summed E-state index contributed by atoms with van der Waals surface area (Å²) in [5.74, 6) is -0.366. The summed E-state index contributed by atoms with van der Waals surface area (Å²) >= 11 is 0. The molecule has 2 aromatic rings. The van der Waals surface area contributed by atoms with E-state index in [2.05, 4.69) is 5.32 Å². The maximum atomic E-state index is 13.1. The van der Waals surface area contributed by atoms with E-state index in [1.807, 2.05) is 24.3 Å². The number of carbonyl (C=O) groups is 2. The molecule has 2 aliphatic heterocycles. The highest BCUT2D eigenvalue weighted by Crippen LogP contribution is 2.38. The van der Waals surface area contributed by atoms with Crippen LogP contribution in [0.5, 0.6) is 0 Å². The number of benzene rings is 2. The van der Waals surface area contributed by atoms with Gasteiger partial charge in [0, 0.05) is 19.2 Å². The molecule has 4 rings (SSSR count). The summed E-state index contributed by atoms with van der Waals surface area (Å²) in [6.07, 6.45) is -0.595. The van der Waals surface area contributed by atoms with Crippen LogP contribution in [-0.2, 0) is 27.7 Å². The predicted octanol–water partition coefficient (Wildman–Crippen LogP) is 3.91. The quantitative estimate of drug-likeness (QED) is 0.758. The van der Waals surface area contributed by atoms with Crippen LogP contribution in [0.25, 0.3) is 6.08 Å². The van der Waals surface area contributed by atoms with Gasteiger partial charge in [0.05, 0.1) is 17.5 Å². The van der Waals surface area contributed by atoms with Crippen molar-refractivity contribution < 1.29 is 22.8 Å².